The van der Waals surface area contributed by atoms with E-state index in [0.29, 0.717) is 30.3 Å². The van der Waals surface area contributed by atoms with Gasteiger partial charge >= 0.3 is 11.5 Å². The van der Waals surface area contributed by atoms with Gasteiger partial charge < -0.3 is 19.8 Å². The summed E-state index contributed by atoms with van der Waals surface area (Å²) in [5, 5.41) is 3.30. The molecule has 0 spiro atoms. The van der Waals surface area contributed by atoms with E-state index in [-0.39, 0.29) is 30.5 Å². The first-order chi connectivity index (χ1) is 12.7. The van der Waals surface area contributed by atoms with E-state index in [1.165, 1.54) is 4.57 Å². The summed E-state index contributed by atoms with van der Waals surface area (Å²) in [7, 11) is 1.55. The molecule has 0 saturated carbocycles. The Morgan fingerprint density at radius 3 is 2.67 bits per heavy atom. The number of fused-ring (bicyclic) bond motifs is 1. The van der Waals surface area contributed by atoms with E-state index in [9.17, 15) is 4.79 Å². The monoisotopic (exact) mass is 391 g/mol. The zero-order valence-electron chi connectivity index (χ0n) is 15.4. The van der Waals surface area contributed by atoms with Crippen LogP contribution in [0.3, 0.4) is 0 Å². The lowest BCUT2D eigenvalue weighted by atomic mass is 10.4. The first kappa shape index (κ1) is 20.7. The average Bonchev–Trinajstić information content (AvgIpc) is 3.04. The molecule has 0 atom stereocenters. The van der Waals surface area contributed by atoms with Gasteiger partial charge in [-0.15, -0.1) is 29.9 Å². The van der Waals surface area contributed by atoms with Crippen LogP contribution in [0.1, 0.15) is 6.92 Å². The molecule has 1 aliphatic heterocycles. The van der Waals surface area contributed by atoms with Crippen LogP contribution in [-0.4, -0.2) is 59.0 Å². The summed E-state index contributed by atoms with van der Waals surface area (Å²) in [5.41, 5.74) is 0.385. The lowest BCUT2D eigenvalue weighted by Crippen LogP contribution is -2.44. The van der Waals surface area contributed by atoms with Crippen molar-refractivity contribution < 1.29 is 4.74 Å². The van der Waals surface area contributed by atoms with Crippen molar-refractivity contribution in [3.8, 4) is 11.8 Å². The molecule has 3 rings (SSSR count). The number of hydrogen-bond donors (Lipinski definition) is 1. The largest absolute Gasteiger partial charge is 0.396 e. The second kappa shape index (κ2) is 9.38. The number of nitrogens with zero attached hydrogens (tertiary/aromatic N) is 6. The number of imidazole rings is 1. The Labute approximate surface area is 163 Å². The van der Waals surface area contributed by atoms with Crippen LogP contribution in [0.4, 0.5) is 11.9 Å². The minimum Gasteiger partial charge on any atom is -0.396 e. The Bertz CT molecular complexity index is 958. The van der Waals surface area contributed by atoms with Crippen LogP contribution in [-0.2, 0) is 17.8 Å². The highest BCUT2D eigenvalue weighted by Crippen LogP contribution is 2.21. The normalized spacial score (nSPS) is 13.6. The van der Waals surface area contributed by atoms with Gasteiger partial charge in [-0.25, -0.2) is 4.79 Å². The van der Waals surface area contributed by atoms with Crippen molar-refractivity contribution in [2.75, 3.05) is 44.8 Å². The third-order valence-electron chi connectivity index (χ3n) is 4.26. The van der Waals surface area contributed by atoms with Crippen molar-refractivity contribution in [3.63, 3.8) is 0 Å². The van der Waals surface area contributed by atoms with E-state index in [2.05, 4.69) is 36.9 Å². The predicted molar refractivity (Wildman–Crippen MR) is 106 cm³/mol. The van der Waals surface area contributed by atoms with Crippen LogP contribution in [0, 0.1) is 18.4 Å². The predicted octanol–water partition coefficient (Wildman–Crippen LogP) is 0.645. The molecule has 27 heavy (non-hydrogen) atoms. The standard InChI is InChI=1S/C17H21N7O2.ClH/c1-4-5-8-23-13-14(21-17(23)22-9-6-19-7-10-22)20-16(18-2)24(15(13)25)11-12-26-3;/h19H,6-12H2,1,3H3;1H. The molecule has 1 saturated heterocycles. The SMILES string of the molecule is Cl.[C-]#[N+]c1nc2nc(N3CCNCC3)n(CC#CC)c2c(=O)n1CCOC. The maximum absolute atomic E-state index is 13.1. The summed E-state index contributed by atoms with van der Waals surface area (Å²) in [6.45, 7) is 13.3. The quantitative estimate of drug-likeness (QED) is 0.595. The third kappa shape index (κ3) is 4.06. The van der Waals surface area contributed by atoms with E-state index in [0.717, 1.165) is 26.2 Å². The van der Waals surface area contributed by atoms with Gasteiger partial charge in [0.05, 0.1) is 19.7 Å². The van der Waals surface area contributed by atoms with Crippen molar-refractivity contribution in [2.45, 2.75) is 20.0 Å². The summed E-state index contributed by atoms with van der Waals surface area (Å²) in [4.78, 5) is 27.5. The Balaban J connectivity index is 0.00000261. The van der Waals surface area contributed by atoms with Crippen LogP contribution in [0.2, 0.25) is 0 Å². The van der Waals surface area contributed by atoms with Gasteiger partial charge in [0.1, 0.15) is 0 Å². The van der Waals surface area contributed by atoms with Crippen LogP contribution < -0.4 is 15.8 Å². The minimum atomic E-state index is -0.287. The van der Waals surface area contributed by atoms with E-state index in [1.807, 2.05) is 4.57 Å². The Hall–Kier alpha value is -2.59. The molecule has 2 aromatic heterocycles. The number of anilines is 1. The molecule has 0 aromatic carbocycles. The lowest BCUT2D eigenvalue weighted by Gasteiger charge is -2.28. The molecule has 1 fully saturated rings. The van der Waals surface area contributed by atoms with Crippen molar-refractivity contribution in [1.82, 2.24) is 24.4 Å². The molecule has 2 aromatic rings. The van der Waals surface area contributed by atoms with Crippen molar-refractivity contribution in [2.24, 2.45) is 0 Å². The van der Waals surface area contributed by atoms with Gasteiger partial charge in [0, 0.05) is 33.3 Å². The number of halogens is 1. The van der Waals surface area contributed by atoms with Gasteiger partial charge in [0.25, 0.3) is 0 Å². The summed E-state index contributed by atoms with van der Waals surface area (Å²) < 4.78 is 8.21. The third-order valence-corrected chi connectivity index (χ3v) is 4.26. The molecule has 0 aliphatic carbocycles. The molecule has 144 valence electrons. The number of piperazine rings is 1. The maximum atomic E-state index is 13.1. The first-order valence-corrected chi connectivity index (χ1v) is 8.44. The highest BCUT2D eigenvalue weighted by atomic mass is 35.5. The van der Waals surface area contributed by atoms with Gasteiger partial charge in [0.15, 0.2) is 5.52 Å². The van der Waals surface area contributed by atoms with Crippen molar-refractivity contribution in [3.05, 3.63) is 21.8 Å². The van der Waals surface area contributed by atoms with Crippen LogP contribution in [0.25, 0.3) is 16.0 Å². The number of methoxy groups -OCH3 is 1. The first-order valence-electron chi connectivity index (χ1n) is 8.44. The number of hydrogen-bond acceptors (Lipinski definition) is 6. The zero-order chi connectivity index (χ0) is 18.5. The van der Waals surface area contributed by atoms with Gasteiger partial charge in [-0.05, 0) is 6.92 Å². The molecule has 1 aliphatic rings. The summed E-state index contributed by atoms with van der Waals surface area (Å²) in [6, 6.07) is 0. The Morgan fingerprint density at radius 1 is 1.30 bits per heavy atom. The molecule has 1 N–H and O–H groups in total. The minimum absolute atomic E-state index is 0. The smallest absolute Gasteiger partial charge is 0.343 e. The molecule has 10 heteroatoms. The second-order valence-corrected chi connectivity index (χ2v) is 5.81. The lowest BCUT2D eigenvalue weighted by molar-refractivity contribution is 0.187. The fraction of sp³-hybridized carbons (Fsp3) is 0.529. The average molecular weight is 392 g/mol. The van der Waals surface area contributed by atoms with Gasteiger partial charge in [0.2, 0.25) is 11.6 Å². The van der Waals surface area contributed by atoms with Crippen LogP contribution in [0.5, 0.6) is 0 Å². The van der Waals surface area contributed by atoms with Gasteiger partial charge in [-0.3, -0.25) is 9.13 Å². The summed E-state index contributed by atoms with van der Waals surface area (Å²) >= 11 is 0. The molecular formula is C17H22ClN7O2. The highest BCUT2D eigenvalue weighted by Gasteiger charge is 2.25. The summed E-state index contributed by atoms with van der Waals surface area (Å²) in [6.07, 6.45) is 0. The fourth-order valence-electron chi connectivity index (χ4n) is 2.98. The highest BCUT2D eigenvalue weighted by molar-refractivity contribution is 5.85. The number of rotatable bonds is 5. The van der Waals surface area contributed by atoms with E-state index in [4.69, 9.17) is 11.3 Å². The van der Waals surface area contributed by atoms with E-state index < -0.39 is 0 Å². The van der Waals surface area contributed by atoms with E-state index >= 15 is 0 Å². The van der Waals surface area contributed by atoms with Gasteiger partial charge in [-0.1, -0.05) is 5.92 Å². The molecule has 9 nitrogen and oxygen atoms in total. The zero-order valence-corrected chi connectivity index (χ0v) is 16.2. The number of nitrogens with one attached hydrogen (secondary N) is 1. The number of aromatic nitrogens is 4. The molecule has 0 radical (unpaired) electrons. The molecule has 3 heterocycles. The van der Waals surface area contributed by atoms with E-state index in [1.54, 1.807) is 14.0 Å². The maximum Gasteiger partial charge on any atom is 0.343 e. The van der Waals surface area contributed by atoms with Crippen molar-refractivity contribution in [1.29, 1.82) is 0 Å². The summed E-state index contributed by atoms with van der Waals surface area (Å²) in [5.74, 6) is 6.58. The fourth-order valence-corrected chi connectivity index (χ4v) is 2.98. The Kier molecular flexibility index (Phi) is 7.19. The Morgan fingerprint density at radius 2 is 2.04 bits per heavy atom. The van der Waals surface area contributed by atoms with Gasteiger partial charge in [-0.2, -0.15) is 4.98 Å². The second-order valence-electron chi connectivity index (χ2n) is 5.81. The van der Waals surface area contributed by atoms with Crippen molar-refractivity contribution >= 4 is 35.5 Å². The molecule has 0 unspecified atom stereocenters. The van der Waals surface area contributed by atoms with Crippen LogP contribution in [0.15, 0.2) is 4.79 Å². The molecule has 0 bridgehead atoms. The molecule has 0 amide bonds. The topological polar surface area (TPSA) is 81.6 Å². The number of ether oxygens (including phenoxy) is 1. The molecular weight excluding hydrogens is 370 g/mol. The van der Waals surface area contributed by atoms with Crippen LogP contribution >= 0.6 is 12.4 Å².